The summed E-state index contributed by atoms with van der Waals surface area (Å²) >= 11 is 0. The summed E-state index contributed by atoms with van der Waals surface area (Å²) in [6, 6.07) is 16.5. The van der Waals surface area contributed by atoms with E-state index in [4.69, 9.17) is 14.2 Å². The third kappa shape index (κ3) is 7.47. The van der Waals surface area contributed by atoms with Crippen LogP contribution in [0.2, 0.25) is 0 Å². The first-order valence-corrected chi connectivity index (χ1v) is 10.4. The highest BCUT2D eigenvalue weighted by Crippen LogP contribution is 2.27. The first kappa shape index (κ1) is 24.5. The Bertz CT molecular complexity index is 735. The fourth-order valence-corrected chi connectivity index (χ4v) is 3.95. The molecule has 5 nitrogen and oxygen atoms in total. The van der Waals surface area contributed by atoms with E-state index in [9.17, 15) is 5.11 Å². The lowest BCUT2D eigenvalue weighted by molar-refractivity contribution is 0.00446. The average Bonchev–Trinajstić information content (AvgIpc) is 2.75. The smallest absolute Gasteiger partial charge is 0.161 e. The van der Waals surface area contributed by atoms with Crippen LogP contribution in [0, 0.1) is 5.92 Å². The highest BCUT2D eigenvalue weighted by atomic mass is 35.5. The second kappa shape index (κ2) is 12.8. The number of halogens is 1. The molecule has 0 amide bonds. The Kier molecular flexibility index (Phi) is 10.4. The molecule has 1 aliphatic heterocycles. The number of β-amino-alcohol motifs (C(OH)–C–C–N with tert-alkyl or cyclic N) is 1. The molecule has 1 fully saturated rings. The molecule has 1 unspecified atom stereocenters. The van der Waals surface area contributed by atoms with Crippen molar-refractivity contribution >= 4 is 12.4 Å². The highest BCUT2D eigenvalue weighted by Gasteiger charge is 2.21. The number of piperidine rings is 1. The van der Waals surface area contributed by atoms with Gasteiger partial charge in [0.05, 0.1) is 33.5 Å². The molecular weight excluding hydrogens is 402 g/mol. The van der Waals surface area contributed by atoms with Gasteiger partial charge in [0, 0.05) is 6.54 Å². The third-order valence-corrected chi connectivity index (χ3v) is 5.57. The molecule has 0 bridgehead atoms. The van der Waals surface area contributed by atoms with Gasteiger partial charge in [0.1, 0.15) is 0 Å². The largest absolute Gasteiger partial charge is 0.493 e. The molecule has 2 aromatic carbocycles. The van der Waals surface area contributed by atoms with Crippen LogP contribution in [0.4, 0.5) is 0 Å². The number of ether oxygens (including phenoxy) is 3. The van der Waals surface area contributed by atoms with E-state index in [-0.39, 0.29) is 12.4 Å². The molecule has 3 rings (SSSR count). The monoisotopic (exact) mass is 435 g/mol. The molecule has 0 aliphatic carbocycles. The summed E-state index contributed by atoms with van der Waals surface area (Å²) in [4.78, 5) is 2.35. The molecular formula is C24H34ClNO4. The van der Waals surface area contributed by atoms with Crippen molar-refractivity contribution in [3.05, 3.63) is 59.7 Å². The number of nitrogens with zero attached hydrogens (tertiary/aromatic N) is 1. The molecule has 1 heterocycles. The zero-order valence-electron chi connectivity index (χ0n) is 18.0. The zero-order valence-corrected chi connectivity index (χ0v) is 18.8. The van der Waals surface area contributed by atoms with Crippen molar-refractivity contribution in [2.75, 3.05) is 40.5 Å². The standard InChI is InChI=1S/C24H33NO4.ClH/c1-27-23-9-8-21(15-24(23)28-2)17-29-18-22(26)16-25-12-10-20(11-13-25)14-19-6-4-3-5-7-19;/h3-9,15,20,22,26H,10-14,16-18H2,1-2H3;1H. The molecule has 2 aromatic rings. The van der Waals surface area contributed by atoms with Crippen molar-refractivity contribution in [1.29, 1.82) is 0 Å². The van der Waals surface area contributed by atoms with E-state index in [2.05, 4.69) is 35.2 Å². The lowest BCUT2D eigenvalue weighted by atomic mass is 9.90. The number of aliphatic hydroxyl groups excluding tert-OH is 1. The maximum atomic E-state index is 10.4. The van der Waals surface area contributed by atoms with E-state index in [0.717, 1.165) is 31.0 Å². The van der Waals surface area contributed by atoms with E-state index in [1.165, 1.54) is 18.4 Å². The van der Waals surface area contributed by atoms with Crippen molar-refractivity contribution in [3.63, 3.8) is 0 Å². The average molecular weight is 436 g/mol. The third-order valence-electron chi connectivity index (χ3n) is 5.57. The number of rotatable bonds is 10. The second-order valence-electron chi connectivity index (χ2n) is 7.79. The Balaban J connectivity index is 0.00000320. The Morgan fingerprint density at radius 2 is 1.67 bits per heavy atom. The molecule has 1 aliphatic rings. The maximum Gasteiger partial charge on any atom is 0.161 e. The summed E-state index contributed by atoms with van der Waals surface area (Å²) < 4.78 is 16.3. The molecule has 1 N–H and O–H groups in total. The van der Waals surface area contributed by atoms with Crippen LogP contribution >= 0.6 is 12.4 Å². The Hall–Kier alpha value is -1.79. The molecule has 0 saturated carbocycles. The summed E-state index contributed by atoms with van der Waals surface area (Å²) in [6.07, 6.45) is 3.06. The molecule has 6 heteroatoms. The Morgan fingerprint density at radius 3 is 2.33 bits per heavy atom. The predicted molar refractivity (Wildman–Crippen MR) is 122 cm³/mol. The summed E-state index contributed by atoms with van der Waals surface area (Å²) in [7, 11) is 3.24. The van der Waals surface area contributed by atoms with Gasteiger partial charge in [-0.15, -0.1) is 12.4 Å². The zero-order chi connectivity index (χ0) is 20.5. The normalized spacial score (nSPS) is 16.0. The van der Waals surface area contributed by atoms with Gasteiger partial charge in [0.25, 0.3) is 0 Å². The van der Waals surface area contributed by atoms with E-state index in [1.54, 1.807) is 14.2 Å². The quantitative estimate of drug-likeness (QED) is 0.612. The van der Waals surface area contributed by atoms with E-state index in [1.807, 2.05) is 18.2 Å². The lowest BCUT2D eigenvalue weighted by Crippen LogP contribution is -2.40. The summed E-state index contributed by atoms with van der Waals surface area (Å²) in [5.74, 6) is 2.13. The van der Waals surface area contributed by atoms with Crippen LogP contribution in [-0.4, -0.2) is 56.6 Å². The molecule has 1 atom stereocenters. The number of hydrogen-bond acceptors (Lipinski definition) is 5. The Morgan fingerprint density at radius 1 is 0.967 bits per heavy atom. The van der Waals surface area contributed by atoms with Gasteiger partial charge < -0.3 is 24.2 Å². The Labute approximate surface area is 186 Å². The number of hydrogen-bond donors (Lipinski definition) is 1. The second-order valence-corrected chi connectivity index (χ2v) is 7.79. The van der Waals surface area contributed by atoms with E-state index >= 15 is 0 Å². The maximum absolute atomic E-state index is 10.4. The molecule has 166 valence electrons. The fraction of sp³-hybridized carbons (Fsp3) is 0.500. The topological polar surface area (TPSA) is 51.2 Å². The SMILES string of the molecule is COc1ccc(COCC(O)CN2CCC(Cc3ccccc3)CC2)cc1OC.Cl. The van der Waals surface area contributed by atoms with Crippen molar-refractivity contribution in [1.82, 2.24) is 4.90 Å². The number of methoxy groups -OCH3 is 2. The number of benzene rings is 2. The molecule has 0 spiro atoms. The van der Waals surface area contributed by atoms with Crippen LogP contribution in [0.3, 0.4) is 0 Å². The van der Waals surface area contributed by atoms with Gasteiger partial charge in [-0.25, -0.2) is 0 Å². The van der Waals surface area contributed by atoms with Gasteiger partial charge in [0.15, 0.2) is 11.5 Å². The van der Waals surface area contributed by atoms with Gasteiger partial charge in [-0.1, -0.05) is 36.4 Å². The van der Waals surface area contributed by atoms with Crippen LogP contribution in [-0.2, 0) is 17.8 Å². The lowest BCUT2D eigenvalue weighted by Gasteiger charge is -2.33. The van der Waals surface area contributed by atoms with Gasteiger partial charge in [0.2, 0.25) is 0 Å². The van der Waals surface area contributed by atoms with Crippen LogP contribution in [0.5, 0.6) is 11.5 Å². The van der Waals surface area contributed by atoms with Crippen LogP contribution in [0.1, 0.15) is 24.0 Å². The summed E-state index contributed by atoms with van der Waals surface area (Å²) in [5.41, 5.74) is 2.42. The molecule has 30 heavy (non-hydrogen) atoms. The van der Waals surface area contributed by atoms with Crippen molar-refractivity contribution in [2.45, 2.75) is 32.0 Å². The molecule has 0 radical (unpaired) electrons. The summed E-state index contributed by atoms with van der Waals surface area (Å²) in [5, 5.41) is 10.4. The fourth-order valence-electron chi connectivity index (χ4n) is 3.95. The minimum atomic E-state index is -0.471. The van der Waals surface area contributed by atoms with Gasteiger partial charge in [-0.2, -0.15) is 0 Å². The van der Waals surface area contributed by atoms with Crippen LogP contribution in [0.15, 0.2) is 48.5 Å². The first-order chi connectivity index (χ1) is 14.2. The minimum Gasteiger partial charge on any atom is -0.493 e. The van der Waals surface area contributed by atoms with Crippen molar-refractivity contribution in [3.8, 4) is 11.5 Å². The first-order valence-electron chi connectivity index (χ1n) is 10.4. The summed E-state index contributed by atoms with van der Waals surface area (Å²) in [6.45, 7) is 3.54. The van der Waals surface area contributed by atoms with Crippen molar-refractivity contribution < 1.29 is 19.3 Å². The highest BCUT2D eigenvalue weighted by molar-refractivity contribution is 5.85. The van der Waals surface area contributed by atoms with E-state index < -0.39 is 6.10 Å². The van der Waals surface area contributed by atoms with Gasteiger partial charge in [-0.3, -0.25) is 0 Å². The van der Waals surface area contributed by atoms with Crippen molar-refractivity contribution in [2.24, 2.45) is 5.92 Å². The molecule has 1 saturated heterocycles. The van der Waals surface area contributed by atoms with Crippen LogP contribution < -0.4 is 9.47 Å². The van der Waals surface area contributed by atoms with Gasteiger partial charge >= 0.3 is 0 Å². The number of likely N-dealkylation sites (tertiary alicyclic amines) is 1. The van der Waals surface area contributed by atoms with E-state index in [0.29, 0.717) is 31.3 Å². The minimum absolute atomic E-state index is 0. The van der Waals surface area contributed by atoms with Crippen LogP contribution in [0.25, 0.3) is 0 Å². The molecule has 0 aromatic heterocycles. The number of aliphatic hydroxyl groups is 1. The van der Waals surface area contributed by atoms with Gasteiger partial charge in [-0.05, 0) is 61.5 Å². The predicted octanol–water partition coefficient (Wildman–Crippen LogP) is 3.96.